The van der Waals surface area contributed by atoms with E-state index in [9.17, 15) is 14.4 Å². The van der Waals surface area contributed by atoms with Crippen LogP contribution in [0.5, 0.6) is 11.5 Å². The van der Waals surface area contributed by atoms with Crippen molar-refractivity contribution < 1.29 is 28.6 Å². The predicted molar refractivity (Wildman–Crippen MR) is 147 cm³/mol. The van der Waals surface area contributed by atoms with Crippen LogP contribution in [0.25, 0.3) is 0 Å². The van der Waals surface area contributed by atoms with Crippen LogP contribution in [0.15, 0.2) is 95.5 Å². The van der Waals surface area contributed by atoms with E-state index in [2.05, 4.69) is 0 Å². The Kier molecular flexibility index (Phi) is 7.32. The molecule has 1 amide bonds. The normalized spacial score (nSPS) is 15.3. The molecule has 3 aromatic carbocycles. The Labute approximate surface area is 227 Å². The molecule has 39 heavy (non-hydrogen) atoms. The number of ether oxygens (including phenoxy) is 3. The highest BCUT2D eigenvalue weighted by molar-refractivity contribution is 6.23. The van der Waals surface area contributed by atoms with Gasteiger partial charge in [0, 0.05) is 29.8 Å². The van der Waals surface area contributed by atoms with E-state index in [1.54, 1.807) is 30.0 Å². The quantitative estimate of drug-likeness (QED) is 0.376. The van der Waals surface area contributed by atoms with Gasteiger partial charge in [0.2, 0.25) is 23.1 Å². The first-order chi connectivity index (χ1) is 18.9. The van der Waals surface area contributed by atoms with Crippen LogP contribution in [-0.2, 0) is 31.9 Å². The molecule has 1 heterocycles. The fraction of sp³-hybridized carbons (Fsp3) is 0.219. The van der Waals surface area contributed by atoms with Crippen molar-refractivity contribution in [1.82, 2.24) is 0 Å². The topological polar surface area (TPSA) is 82.1 Å². The molecule has 1 aliphatic heterocycles. The van der Waals surface area contributed by atoms with Crippen LogP contribution in [0.1, 0.15) is 34.8 Å². The number of para-hydroxylation sites is 2. The number of amides is 1. The molecule has 0 bridgehead atoms. The van der Waals surface area contributed by atoms with Crippen molar-refractivity contribution in [3.63, 3.8) is 0 Å². The Morgan fingerprint density at radius 1 is 0.872 bits per heavy atom. The van der Waals surface area contributed by atoms with Gasteiger partial charge in [0.1, 0.15) is 11.5 Å². The second kappa shape index (κ2) is 11.0. The van der Waals surface area contributed by atoms with Crippen LogP contribution in [-0.4, -0.2) is 38.2 Å². The first-order valence-corrected chi connectivity index (χ1v) is 12.8. The van der Waals surface area contributed by atoms with Crippen molar-refractivity contribution in [3.05, 3.63) is 112 Å². The van der Waals surface area contributed by atoms with Crippen molar-refractivity contribution in [3.8, 4) is 11.5 Å². The average molecular weight is 524 g/mol. The summed E-state index contributed by atoms with van der Waals surface area (Å²) in [4.78, 5) is 41.9. The second-order valence-corrected chi connectivity index (χ2v) is 9.44. The first-order valence-electron chi connectivity index (χ1n) is 12.8. The summed E-state index contributed by atoms with van der Waals surface area (Å²) < 4.78 is 16.5. The largest absolute Gasteiger partial charge is 0.489 e. The van der Waals surface area contributed by atoms with Gasteiger partial charge in [-0.05, 0) is 61.2 Å². The highest BCUT2D eigenvalue weighted by Crippen LogP contribution is 2.34. The Morgan fingerprint density at radius 3 is 2.31 bits per heavy atom. The third kappa shape index (κ3) is 4.95. The van der Waals surface area contributed by atoms with Crippen molar-refractivity contribution in [1.29, 1.82) is 0 Å². The van der Waals surface area contributed by atoms with Gasteiger partial charge in [-0.1, -0.05) is 42.5 Å². The lowest BCUT2D eigenvalue weighted by Crippen LogP contribution is -2.35. The monoisotopic (exact) mass is 523 g/mol. The molecule has 0 saturated heterocycles. The summed E-state index contributed by atoms with van der Waals surface area (Å²) in [7, 11) is 2.67. The number of Topliss-reactive ketones (excluding diaryl/α,β-unsaturated/α-hetero) is 2. The molecule has 1 aliphatic carbocycles. The smallest absolute Gasteiger partial charge is 0.262 e. The first kappa shape index (κ1) is 26.0. The Hall–Kier alpha value is -4.65. The number of benzene rings is 3. The lowest BCUT2D eigenvalue weighted by atomic mass is 9.88. The van der Waals surface area contributed by atoms with E-state index in [0.717, 1.165) is 24.1 Å². The van der Waals surface area contributed by atoms with Gasteiger partial charge in [-0.2, -0.15) is 0 Å². The molecule has 198 valence electrons. The maximum absolute atomic E-state index is 14.0. The summed E-state index contributed by atoms with van der Waals surface area (Å²) in [5.41, 5.74) is 3.67. The molecule has 0 aromatic heterocycles. The second-order valence-electron chi connectivity index (χ2n) is 9.44. The molecule has 7 heteroatoms. The van der Waals surface area contributed by atoms with Gasteiger partial charge in [-0.3, -0.25) is 14.4 Å². The minimum Gasteiger partial charge on any atom is -0.489 e. The van der Waals surface area contributed by atoms with E-state index in [4.69, 9.17) is 14.2 Å². The number of fused-ring (bicyclic) bond motifs is 1. The van der Waals surface area contributed by atoms with Crippen LogP contribution in [0, 0.1) is 0 Å². The fourth-order valence-electron chi connectivity index (χ4n) is 5.06. The number of hydrogen-bond donors (Lipinski definition) is 0. The molecular weight excluding hydrogens is 494 g/mol. The van der Waals surface area contributed by atoms with Crippen LogP contribution in [0.4, 0.5) is 5.69 Å². The van der Waals surface area contributed by atoms with Gasteiger partial charge in [-0.25, -0.2) is 0 Å². The number of anilines is 1. The molecule has 0 radical (unpaired) electrons. The Morgan fingerprint density at radius 2 is 1.56 bits per heavy atom. The summed E-state index contributed by atoms with van der Waals surface area (Å²) >= 11 is 0. The molecule has 7 nitrogen and oxygen atoms in total. The average Bonchev–Trinajstić information content (AvgIpc) is 2.97. The Bertz CT molecular complexity index is 1520. The van der Waals surface area contributed by atoms with Gasteiger partial charge in [-0.15, -0.1) is 0 Å². The molecule has 2 aliphatic rings. The minimum atomic E-state index is -0.408. The van der Waals surface area contributed by atoms with Crippen LogP contribution in [0.3, 0.4) is 0 Å². The molecule has 0 unspecified atom stereocenters. The lowest BCUT2D eigenvalue weighted by Gasteiger charge is -2.30. The number of carbonyl (C=O) groups is 3. The van der Waals surface area contributed by atoms with Crippen molar-refractivity contribution in [2.45, 2.75) is 26.2 Å². The number of allylic oxidation sites excluding steroid dienone is 2. The summed E-state index contributed by atoms with van der Waals surface area (Å²) in [6.45, 7) is 2.19. The number of hydrogen-bond acceptors (Lipinski definition) is 6. The molecular formula is C32H29NO6. The van der Waals surface area contributed by atoms with E-state index in [0.29, 0.717) is 40.3 Å². The summed E-state index contributed by atoms with van der Waals surface area (Å²) in [6.07, 6.45) is 1.91. The number of aryl methyl sites for hydroxylation is 1. The molecule has 3 aromatic rings. The van der Waals surface area contributed by atoms with Gasteiger partial charge in [0.05, 0.1) is 19.8 Å². The van der Waals surface area contributed by atoms with Gasteiger partial charge in [0.25, 0.3) is 5.91 Å². The minimum absolute atomic E-state index is 0.102. The summed E-state index contributed by atoms with van der Waals surface area (Å²) in [5, 5.41) is 0. The van der Waals surface area contributed by atoms with Crippen LogP contribution in [0.2, 0.25) is 0 Å². The predicted octanol–water partition coefficient (Wildman–Crippen LogP) is 5.59. The molecule has 0 atom stereocenters. The highest BCUT2D eigenvalue weighted by atomic mass is 16.5. The SMILES string of the molecule is COC1=C(OC)C(=O)C(Cc2ccc(Oc3ccccc3)c(C(=O)N3CCCc4ccccc43)c2)=C(C)C1=O. The molecule has 0 N–H and O–H groups in total. The number of carbonyl (C=O) groups excluding carboxylic acids is 3. The van der Waals surface area contributed by atoms with E-state index >= 15 is 0 Å². The Balaban J connectivity index is 1.54. The third-order valence-corrected chi connectivity index (χ3v) is 7.08. The van der Waals surface area contributed by atoms with E-state index in [-0.39, 0.29) is 23.8 Å². The zero-order chi connectivity index (χ0) is 27.5. The van der Waals surface area contributed by atoms with Crippen molar-refractivity contribution in [2.24, 2.45) is 0 Å². The van der Waals surface area contributed by atoms with Gasteiger partial charge in [0.15, 0.2) is 0 Å². The maximum atomic E-state index is 14.0. The van der Waals surface area contributed by atoms with Crippen molar-refractivity contribution >= 4 is 23.2 Å². The van der Waals surface area contributed by atoms with E-state index in [1.807, 2.05) is 54.6 Å². The summed E-state index contributed by atoms with van der Waals surface area (Å²) in [6, 6.07) is 22.5. The number of nitrogens with zero attached hydrogens (tertiary/aromatic N) is 1. The lowest BCUT2D eigenvalue weighted by molar-refractivity contribution is -0.121. The van der Waals surface area contributed by atoms with Gasteiger partial charge < -0.3 is 19.1 Å². The van der Waals surface area contributed by atoms with Gasteiger partial charge >= 0.3 is 0 Å². The zero-order valence-corrected chi connectivity index (χ0v) is 22.2. The molecule has 5 rings (SSSR count). The third-order valence-electron chi connectivity index (χ3n) is 7.08. The highest BCUT2D eigenvalue weighted by Gasteiger charge is 2.35. The van der Waals surface area contributed by atoms with Crippen LogP contribution < -0.4 is 9.64 Å². The van der Waals surface area contributed by atoms with Crippen LogP contribution >= 0.6 is 0 Å². The standard InChI is InChI=1S/C32H29NO6/c1-20-24(29(35)31(38-3)30(37-2)28(20)34)18-21-15-16-27(39-23-12-5-4-6-13-23)25(19-21)32(36)33-17-9-11-22-10-7-8-14-26(22)33/h4-8,10,12-16,19H,9,11,17-18H2,1-3H3. The fourth-order valence-corrected chi connectivity index (χ4v) is 5.06. The molecule has 0 spiro atoms. The maximum Gasteiger partial charge on any atom is 0.262 e. The number of methoxy groups -OCH3 is 2. The number of ketones is 2. The van der Waals surface area contributed by atoms with Crippen molar-refractivity contribution in [2.75, 3.05) is 25.7 Å². The summed E-state index contributed by atoms with van der Waals surface area (Å²) in [5.74, 6) is -0.196. The molecule has 0 fully saturated rings. The molecule has 0 saturated carbocycles. The van der Waals surface area contributed by atoms with E-state index < -0.39 is 11.6 Å². The number of rotatable bonds is 7. The van der Waals surface area contributed by atoms with E-state index in [1.165, 1.54) is 14.2 Å². The zero-order valence-electron chi connectivity index (χ0n) is 22.2.